The number of fused-ring (bicyclic) bond motifs is 1. The topological polar surface area (TPSA) is 93.7 Å². The van der Waals surface area contributed by atoms with Crippen molar-refractivity contribution in [3.63, 3.8) is 0 Å². The lowest BCUT2D eigenvalue weighted by Gasteiger charge is -2.51. The molecule has 40 heavy (non-hydrogen) atoms. The van der Waals surface area contributed by atoms with Crippen LogP contribution in [0.3, 0.4) is 0 Å². The summed E-state index contributed by atoms with van der Waals surface area (Å²) in [6.45, 7) is 4.68. The highest BCUT2D eigenvalue weighted by molar-refractivity contribution is 6.03. The largest absolute Gasteiger partial charge is 0.478 e. The van der Waals surface area contributed by atoms with Crippen molar-refractivity contribution >= 4 is 29.1 Å². The molecule has 1 spiro atoms. The smallest absolute Gasteiger partial charge is 0.336 e. The van der Waals surface area contributed by atoms with E-state index in [4.69, 9.17) is 0 Å². The zero-order valence-electron chi connectivity index (χ0n) is 22.4. The lowest BCUT2D eigenvalue weighted by molar-refractivity contribution is 0.0697. The van der Waals surface area contributed by atoms with Crippen molar-refractivity contribution in [3.05, 3.63) is 77.4 Å². The SMILES string of the molecule is Cc1ccc(NC(=O)Nc2cc(-c3cc(F)ccc3C(=O)O)c(F)cc2N2CC(C)N[C@]34CC[C@H](CC23)C4)cc1. The van der Waals surface area contributed by atoms with E-state index in [1.807, 2.05) is 19.1 Å². The van der Waals surface area contributed by atoms with Crippen LogP contribution in [0.2, 0.25) is 0 Å². The van der Waals surface area contributed by atoms with E-state index in [-0.39, 0.29) is 34.3 Å². The van der Waals surface area contributed by atoms with Gasteiger partial charge in [0.05, 0.1) is 16.9 Å². The van der Waals surface area contributed by atoms with Crippen LogP contribution in [-0.2, 0) is 0 Å². The second-order valence-electron chi connectivity index (χ2n) is 11.5. The zero-order chi connectivity index (χ0) is 28.2. The van der Waals surface area contributed by atoms with Crippen molar-refractivity contribution in [2.75, 3.05) is 22.1 Å². The Bertz CT molecular complexity index is 1490. The number of carbonyl (C=O) groups excluding carboxylic acids is 1. The first kappa shape index (κ1) is 26.3. The lowest BCUT2D eigenvalue weighted by Crippen LogP contribution is -2.67. The maximum Gasteiger partial charge on any atom is 0.336 e. The van der Waals surface area contributed by atoms with Gasteiger partial charge in [0.25, 0.3) is 0 Å². The van der Waals surface area contributed by atoms with Crippen LogP contribution in [0.4, 0.5) is 30.6 Å². The van der Waals surface area contributed by atoms with Gasteiger partial charge < -0.3 is 26.0 Å². The Morgan fingerprint density at radius 3 is 2.55 bits per heavy atom. The Labute approximate surface area is 231 Å². The molecular formula is C31H32F2N4O3. The number of carbonyl (C=O) groups is 2. The average molecular weight is 547 g/mol. The Morgan fingerprint density at radius 1 is 1.05 bits per heavy atom. The third kappa shape index (κ3) is 4.68. The van der Waals surface area contributed by atoms with Crippen LogP contribution >= 0.6 is 0 Å². The number of aromatic carboxylic acids is 1. The highest BCUT2D eigenvalue weighted by atomic mass is 19.1. The summed E-state index contributed by atoms with van der Waals surface area (Å²) < 4.78 is 30.2. The second-order valence-corrected chi connectivity index (χ2v) is 11.5. The summed E-state index contributed by atoms with van der Waals surface area (Å²) in [6, 6.07) is 13.0. The molecule has 3 fully saturated rings. The van der Waals surface area contributed by atoms with E-state index >= 15 is 4.39 Å². The first-order valence-electron chi connectivity index (χ1n) is 13.7. The van der Waals surface area contributed by atoms with Crippen LogP contribution in [0.5, 0.6) is 0 Å². The molecule has 1 saturated heterocycles. The molecule has 3 aromatic carbocycles. The molecule has 0 radical (unpaired) electrons. The van der Waals surface area contributed by atoms with Crippen molar-refractivity contribution in [1.29, 1.82) is 0 Å². The van der Waals surface area contributed by atoms with Gasteiger partial charge in [-0.3, -0.25) is 0 Å². The minimum Gasteiger partial charge on any atom is -0.478 e. The number of carboxylic acid groups (broad SMARTS) is 1. The second kappa shape index (κ2) is 9.89. The Kier molecular flexibility index (Phi) is 6.49. The molecule has 1 aliphatic heterocycles. The first-order valence-corrected chi connectivity index (χ1v) is 13.7. The van der Waals surface area contributed by atoms with E-state index in [0.717, 1.165) is 43.0 Å². The number of nitrogens with one attached hydrogen (secondary N) is 3. The average Bonchev–Trinajstić information content (AvgIpc) is 3.47. The van der Waals surface area contributed by atoms with Gasteiger partial charge in [0.2, 0.25) is 0 Å². The van der Waals surface area contributed by atoms with Crippen molar-refractivity contribution in [2.24, 2.45) is 5.92 Å². The van der Waals surface area contributed by atoms with Crippen LogP contribution in [0, 0.1) is 24.5 Å². The molecule has 1 heterocycles. The summed E-state index contributed by atoms with van der Waals surface area (Å²) in [5.41, 5.74) is 2.01. The van der Waals surface area contributed by atoms with Gasteiger partial charge in [-0.15, -0.1) is 0 Å². The van der Waals surface area contributed by atoms with E-state index in [1.54, 1.807) is 12.1 Å². The number of halogens is 2. The summed E-state index contributed by atoms with van der Waals surface area (Å²) in [6.07, 6.45) is 4.26. The molecular weight excluding hydrogens is 514 g/mol. The van der Waals surface area contributed by atoms with E-state index in [2.05, 4.69) is 27.8 Å². The number of urea groups is 1. The molecule has 4 atom stereocenters. The Morgan fingerprint density at radius 2 is 1.82 bits per heavy atom. The number of benzene rings is 3. The van der Waals surface area contributed by atoms with Crippen LogP contribution in [0.15, 0.2) is 54.6 Å². The third-order valence-corrected chi connectivity index (χ3v) is 8.68. The molecule has 0 aromatic heterocycles. The zero-order valence-corrected chi connectivity index (χ0v) is 22.4. The first-order chi connectivity index (χ1) is 19.1. The van der Waals surface area contributed by atoms with Crippen molar-refractivity contribution in [2.45, 2.75) is 57.2 Å². The maximum atomic E-state index is 15.9. The van der Waals surface area contributed by atoms with Crippen molar-refractivity contribution in [3.8, 4) is 11.1 Å². The van der Waals surface area contributed by atoms with Gasteiger partial charge in [-0.25, -0.2) is 18.4 Å². The molecule has 2 unspecified atom stereocenters. The summed E-state index contributed by atoms with van der Waals surface area (Å²) in [7, 11) is 0. The number of amides is 2. The van der Waals surface area contributed by atoms with Crippen LogP contribution in [0.25, 0.3) is 11.1 Å². The summed E-state index contributed by atoms with van der Waals surface area (Å²) in [4.78, 5) is 27.3. The molecule has 208 valence electrons. The van der Waals surface area contributed by atoms with Gasteiger partial charge in [-0.2, -0.15) is 0 Å². The number of hydrogen-bond acceptors (Lipinski definition) is 4. The number of aryl methyl sites for hydroxylation is 1. The normalized spacial score (nSPS) is 25.0. The van der Waals surface area contributed by atoms with Gasteiger partial charge >= 0.3 is 12.0 Å². The molecule has 7 nitrogen and oxygen atoms in total. The molecule has 4 N–H and O–H groups in total. The van der Waals surface area contributed by atoms with Crippen molar-refractivity contribution in [1.82, 2.24) is 5.32 Å². The molecule has 2 bridgehead atoms. The minimum absolute atomic E-state index is 0.0576. The third-order valence-electron chi connectivity index (χ3n) is 8.68. The predicted molar refractivity (Wildman–Crippen MR) is 151 cm³/mol. The molecule has 9 heteroatoms. The van der Waals surface area contributed by atoms with Gasteiger partial charge in [-0.05, 0) is 87.9 Å². The van der Waals surface area contributed by atoms with Crippen molar-refractivity contribution < 1.29 is 23.5 Å². The number of anilines is 3. The summed E-state index contributed by atoms with van der Waals surface area (Å²) in [5.74, 6) is -2.07. The van der Waals surface area contributed by atoms with Crippen LogP contribution in [-0.4, -0.2) is 41.3 Å². The van der Waals surface area contributed by atoms with Gasteiger partial charge in [0.1, 0.15) is 11.6 Å². The van der Waals surface area contributed by atoms with E-state index in [9.17, 15) is 19.1 Å². The fourth-order valence-electron chi connectivity index (χ4n) is 7.06. The quantitative estimate of drug-likeness (QED) is 0.298. The monoisotopic (exact) mass is 546 g/mol. The van der Waals surface area contributed by atoms with Gasteiger partial charge in [-0.1, -0.05) is 17.7 Å². The van der Waals surface area contributed by atoms with E-state index in [0.29, 0.717) is 29.5 Å². The molecule has 2 saturated carbocycles. The number of rotatable bonds is 5. The lowest BCUT2D eigenvalue weighted by atomic mass is 9.83. The fraction of sp³-hybridized carbons (Fsp3) is 0.355. The number of nitrogens with zero attached hydrogens (tertiary/aromatic N) is 1. The highest BCUT2D eigenvalue weighted by Gasteiger charge is 2.56. The van der Waals surface area contributed by atoms with Crippen LogP contribution in [0.1, 0.15) is 48.5 Å². The number of hydrogen-bond donors (Lipinski definition) is 4. The number of carboxylic acids is 1. The number of piperazine rings is 1. The maximum absolute atomic E-state index is 15.9. The molecule has 6 rings (SSSR count). The Balaban J connectivity index is 1.44. The molecule has 3 aliphatic rings. The van der Waals surface area contributed by atoms with E-state index < -0.39 is 23.6 Å². The fourth-order valence-corrected chi connectivity index (χ4v) is 7.06. The summed E-state index contributed by atoms with van der Waals surface area (Å²) in [5, 5.41) is 19.2. The predicted octanol–water partition coefficient (Wildman–Crippen LogP) is 6.39. The summed E-state index contributed by atoms with van der Waals surface area (Å²) >= 11 is 0. The van der Waals surface area contributed by atoms with E-state index in [1.165, 1.54) is 18.6 Å². The van der Waals surface area contributed by atoms with Gasteiger partial charge in [0, 0.05) is 41.0 Å². The standard InChI is InChI=1S/C31H32F2N4O3/c1-17-3-6-21(7-4-17)34-30(40)35-26-13-24(23-12-20(32)5-8-22(23)29(38)39)25(33)14-27(26)37-16-18(2)36-31-10-9-19(15-31)11-28(31)37/h3-8,12-14,18-19,28,36H,9-11,15-16H2,1-2H3,(H,38,39)(H2,34,35,40)/t18?,19-,28?,31+/m1/s1. The molecule has 2 aliphatic carbocycles. The highest BCUT2D eigenvalue weighted by Crippen LogP contribution is 2.53. The van der Waals surface area contributed by atoms with Gasteiger partial charge in [0.15, 0.2) is 0 Å². The van der Waals surface area contributed by atoms with Crippen LogP contribution < -0.4 is 20.9 Å². The molecule has 2 amide bonds. The minimum atomic E-state index is -1.30. The Hall–Kier alpha value is -3.98. The molecule has 3 aromatic rings.